The number of allylic oxidation sites excluding steroid dienone is 1. The molecule has 4 nitrogen and oxygen atoms in total. The van der Waals surface area contributed by atoms with Crippen LogP contribution in [0.25, 0.3) is 5.76 Å². The number of nitrogens with zero attached hydrogens (tertiary/aromatic N) is 1. The first-order valence-corrected chi connectivity index (χ1v) is 4.03. The summed E-state index contributed by atoms with van der Waals surface area (Å²) in [6.45, 7) is 0. The molecule has 0 aromatic carbocycles. The van der Waals surface area contributed by atoms with Crippen molar-refractivity contribution in [2.45, 2.75) is 0 Å². The van der Waals surface area contributed by atoms with Crippen LogP contribution in [0.5, 0.6) is 0 Å². The summed E-state index contributed by atoms with van der Waals surface area (Å²) in [6, 6.07) is 0. The number of hydrogen-bond donors (Lipinski definition) is 2. The lowest BCUT2D eigenvalue weighted by Crippen LogP contribution is -1.90. The molecule has 0 aliphatic heterocycles. The highest BCUT2D eigenvalue weighted by molar-refractivity contribution is 9.10. The Bertz CT molecular complexity index is 305. The van der Waals surface area contributed by atoms with Crippen molar-refractivity contribution in [2.75, 3.05) is 7.11 Å². The maximum Gasteiger partial charge on any atom is 0.173 e. The average molecular weight is 230 g/mol. The van der Waals surface area contributed by atoms with Gasteiger partial charge in [0, 0.05) is 12.3 Å². The van der Waals surface area contributed by atoms with E-state index >= 15 is 0 Å². The van der Waals surface area contributed by atoms with Crippen molar-refractivity contribution in [3.8, 4) is 0 Å². The van der Waals surface area contributed by atoms with Crippen LogP contribution in [0.15, 0.2) is 16.9 Å². The van der Waals surface area contributed by atoms with Gasteiger partial charge in [0.05, 0.1) is 13.3 Å². The third-order valence-electron chi connectivity index (χ3n) is 1.23. The Morgan fingerprint density at radius 2 is 2.58 bits per heavy atom. The minimum Gasteiger partial charge on any atom is -0.493 e. The highest BCUT2D eigenvalue weighted by atomic mass is 79.9. The van der Waals surface area contributed by atoms with Crippen LogP contribution in [0.2, 0.25) is 0 Å². The molecule has 0 amide bonds. The van der Waals surface area contributed by atoms with Gasteiger partial charge in [0.1, 0.15) is 4.60 Å². The molecule has 64 valence electrons. The van der Waals surface area contributed by atoms with E-state index in [2.05, 4.69) is 25.9 Å². The summed E-state index contributed by atoms with van der Waals surface area (Å²) in [7, 11) is 1.53. The molecule has 0 bridgehead atoms. The molecular weight excluding hydrogens is 222 g/mol. The molecular formula is C7H8BrN3O. The molecule has 1 aromatic heterocycles. The highest BCUT2D eigenvalue weighted by Crippen LogP contribution is 2.13. The van der Waals surface area contributed by atoms with Crippen molar-refractivity contribution >= 4 is 27.9 Å². The van der Waals surface area contributed by atoms with Crippen LogP contribution >= 0.6 is 15.9 Å². The Labute approximate surface area is 78.3 Å². The van der Waals surface area contributed by atoms with Crippen LogP contribution in [-0.2, 0) is 4.74 Å². The molecule has 0 saturated heterocycles. The molecule has 12 heavy (non-hydrogen) atoms. The average Bonchev–Trinajstić information content (AvgIpc) is 2.47. The predicted molar refractivity (Wildman–Crippen MR) is 50.1 cm³/mol. The Morgan fingerprint density at radius 3 is 3.00 bits per heavy atom. The first-order chi connectivity index (χ1) is 5.77. The van der Waals surface area contributed by atoms with E-state index in [4.69, 9.17) is 10.1 Å². The van der Waals surface area contributed by atoms with Gasteiger partial charge in [-0.05, 0) is 15.9 Å². The van der Waals surface area contributed by atoms with E-state index in [-0.39, 0.29) is 0 Å². The molecule has 0 atom stereocenters. The summed E-state index contributed by atoms with van der Waals surface area (Å²) < 4.78 is 5.77. The van der Waals surface area contributed by atoms with E-state index in [9.17, 15) is 0 Å². The number of methoxy groups -OCH3 is 1. The fourth-order valence-electron chi connectivity index (χ4n) is 0.743. The molecule has 1 aromatic rings. The molecule has 0 radical (unpaired) electrons. The zero-order chi connectivity index (χ0) is 8.97. The minimum atomic E-state index is 0.538. The van der Waals surface area contributed by atoms with Crippen LogP contribution in [0.3, 0.4) is 0 Å². The van der Waals surface area contributed by atoms with Crippen LogP contribution in [-0.4, -0.2) is 23.3 Å². The van der Waals surface area contributed by atoms with Crippen molar-refractivity contribution in [3.63, 3.8) is 0 Å². The van der Waals surface area contributed by atoms with E-state index < -0.39 is 0 Å². The van der Waals surface area contributed by atoms with Crippen LogP contribution in [0.1, 0.15) is 5.82 Å². The third kappa shape index (κ3) is 1.94. The lowest BCUT2D eigenvalue weighted by atomic mass is 10.4. The SMILES string of the molecule is CO/C(=C/C=N)c1ncc(Br)[nH]1. The van der Waals surface area contributed by atoms with E-state index in [1.54, 1.807) is 6.20 Å². The molecule has 0 unspecified atom stereocenters. The van der Waals surface area contributed by atoms with Crippen LogP contribution < -0.4 is 0 Å². The Balaban J connectivity index is 2.94. The van der Waals surface area contributed by atoms with Gasteiger partial charge in [-0.2, -0.15) is 0 Å². The number of halogens is 1. The normalized spacial score (nSPS) is 11.3. The van der Waals surface area contributed by atoms with Gasteiger partial charge in [-0.25, -0.2) is 4.98 Å². The predicted octanol–water partition coefficient (Wildman–Crippen LogP) is 1.81. The summed E-state index contributed by atoms with van der Waals surface area (Å²) in [5.41, 5.74) is 0. The molecule has 0 aliphatic carbocycles. The van der Waals surface area contributed by atoms with Gasteiger partial charge in [0.2, 0.25) is 0 Å². The number of aromatic nitrogens is 2. The van der Waals surface area contributed by atoms with Crippen molar-refractivity contribution in [1.29, 1.82) is 5.41 Å². The Morgan fingerprint density at radius 1 is 1.83 bits per heavy atom. The quantitative estimate of drug-likeness (QED) is 0.614. The first kappa shape index (κ1) is 8.99. The smallest absolute Gasteiger partial charge is 0.173 e. The number of hydrogen-bond acceptors (Lipinski definition) is 3. The maximum atomic E-state index is 6.86. The minimum absolute atomic E-state index is 0.538. The summed E-state index contributed by atoms with van der Waals surface area (Å²) in [5, 5.41) is 6.86. The van der Waals surface area contributed by atoms with Crippen molar-refractivity contribution in [1.82, 2.24) is 9.97 Å². The second-order valence-electron chi connectivity index (χ2n) is 1.98. The molecule has 0 fully saturated rings. The van der Waals surface area contributed by atoms with Gasteiger partial charge in [-0.1, -0.05) is 0 Å². The summed E-state index contributed by atoms with van der Waals surface area (Å²) in [6.07, 6.45) is 4.30. The lowest BCUT2D eigenvalue weighted by molar-refractivity contribution is 0.367. The van der Waals surface area contributed by atoms with Crippen LogP contribution in [0.4, 0.5) is 0 Å². The standard InChI is InChI=1S/C7H8BrN3O/c1-12-5(2-3-9)7-10-4-6(8)11-7/h2-4,9H,1H3,(H,10,11)/b5-2+,9-3?. The van der Waals surface area contributed by atoms with Crippen molar-refractivity contribution < 1.29 is 4.74 Å². The van der Waals surface area contributed by atoms with Crippen molar-refractivity contribution in [2.24, 2.45) is 0 Å². The van der Waals surface area contributed by atoms with E-state index in [0.29, 0.717) is 11.6 Å². The topological polar surface area (TPSA) is 61.8 Å². The number of nitrogens with one attached hydrogen (secondary N) is 2. The zero-order valence-electron chi connectivity index (χ0n) is 6.47. The fraction of sp³-hybridized carbons (Fsp3) is 0.143. The molecule has 2 N–H and O–H groups in total. The highest BCUT2D eigenvalue weighted by Gasteiger charge is 2.03. The van der Waals surface area contributed by atoms with Crippen LogP contribution in [0, 0.1) is 5.41 Å². The molecule has 1 heterocycles. The second-order valence-corrected chi connectivity index (χ2v) is 2.84. The van der Waals surface area contributed by atoms with E-state index in [1.165, 1.54) is 13.2 Å². The largest absolute Gasteiger partial charge is 0.493 e. The number of aromatic amines is 1. The number of imidazole rings is 1. The fourth-order valence-corrected chi connectivity index (χ4v) is 1.03. The first-order valence-electron chi connectivity index (χ1n) is 3.23. The Kier molecular flexibility index (Phi) is 3.04. The Hall–Kier alpha value is -1.10. The van der Waals surface area contributed by atoms with Gasteiger partial charge in [0.15, 0.2) is 11.6 Å². The number of ether oxygens (including phenoxy) is 1. The summed E-state index contributed by atoms with van der Waals surface area (Å²) >= 11 is 3.22. The van der Waals surface area contributed by atoms with Gasteiger partial charge < -0.3 is 15.1 Å². The number of rotatable bonds is 3. The maximum absolute atomic E-state index is 6.86. The van der Waals surface area contributed by atoms with Gasteiger partial charge >= 0.3 is 0 Å². The molecule has 0 saturated carbocycles. The zero-order valence-corrected chi connectivity index (χ0v) is 8.05. The molecule has 1 rings (SSSR count). The van der Waals surface area contributed by atoms with Gasteiger partial charge in [-0.15, -0.1) is 0 Å². The molecule has 5 heteroatoms. The van der Waals surface area contributed by atoms with Crippen molar-refractivity contribution in [3.05, 3.63) is 22.7 Å². The van der Waals surface area contributed by atoms with Gasteiger partial charge in [0.25, 0.3) is 0 Å². The molecule has 0 spiro atoms. The summed E-state index contributed by atoms with van der Waals surface area (Å²) in [5.74, 6) is 1.14. The number of H-pyrrole nitrogens is 1. The van der Waals surface area contributed by atoms with E-state index in [1.807, 2.05) is 0 Å². The molecule has 0 aliphatic rings. The summed E-state index contributed by atoms with van der Waals surface area (Å²) in [4.78, 5) is 6.93. The second kappa shape index (κ2) is 4.06. The van der Waals surface area contributed by atoms with E-state index in [0.717, 1.165) is 10.8 Å². The monoisotopic (exact) mass is 229 g/mol. The lowest BCUT2D eigenvalue weighted by Gasteiger charge is -1.99. The van der Waals surface area contributed by atoms with Gasteiger partial charge in [-0.3, -0.25) is 0 Å². The third-order valence-corrected chi connectivity index (χ3v) is 1.64.